The van der Waals surface area contributed by atoms with Crippen molar-refractivity contribution in [1.82, 2.24) is 4.98 Å². The van der Waals surface area contributed by atoms with Crippen LogP contribution < -0.4 is 5.73 Å². The van der Waals surface area contributed by atoms with Crippen molar-refractivity contribution in [2.75, 3.05) is 0 Å². The van der Waals surface area contributed by atoms with Crippen molar-refractivity contribution < 1.29 is 0 Å². The lowest BCUT2D eigenvalue weighted by atomic mass is 10.3. The lowest BCUT2D eigenvalue weighted by molar-refractivity contribution is 0.988. The van der Waals surface area contributed by atoms with E-state index in [1.807, 2.05) is 0 Å². The highest BCUT2D eigenvalue weighted by Crippen LogP contribution is 2.17. The Bertz CT molecular complexity index is 242. The summed E-state index contributed by atoms with van der Waals surface area (Å²) in [4.78, 5) is 3.99. The monoisotopic (exact) mass is 256 g/mol. The Balaban J connectivity index is 0.000001000. The molecule has 0 aliphatic rings. The number of nitrogens with two attached hydrogens (primary N) is 1. The van der Waals surface area contributed by atoms with Gasteiger partial charge in [-0.1, -0.05) is 11.6 Å². The molecule has 0 radical (unpaired) electrons. The average molecular weight is 258 g/mol. The molecule has 0 aliphatic carbocycles. The second-order valence-corrected chi connectivity index (χ2v) is 3.11. The molecule has 1 heterocycles. The first-order valence-electron chi connectivity index (χ1n) is 2.74. The molecule has 0 amide bonds. The highest BCUT2D eigenvalue weighted by atomic mass is 79.9. The van der Waals surface area contributed by atoms with Gasteiger partial charge < -0.3 is 5.73 Å². The van der Waals surface area contributed by atoms with Crippen molar-refractivity contribution in [3.05, 3.63) is 27.5 Å². The third-order valence-electron chi connectivity index (χ3n) is 1.08. The molecule has 0 aliphatic heterocycles. The molecule has 1 aromatic rings. The largest absolute Gasteiger partial charge is 0.325 e. The Kier molecular flexibility index (Phi) is 5.01. The number of pyridine rings is 1. The molecule has 2 N–H and O–H groups in total. The summed E-state index contributed by atoms with van der Waals surface area (Å²) in [6.45, 7) is 0.381. The van der Waals surface area contributed by atoms with Gasteiger partial charge in [0.25, 0.3) is 0 Å². The van der Waals surface area contributed by atoms with Gasteiger partial charge in [0.1, 0.15) is 0 Å². The van der Waals surface area contributed by atoms with Gasteiger partial charge in [-0.15, -0.1) is 12.4 Å². The first-order valence-corrected chi connectivity index (χ1v) is 3.91. The number of rotatable bonds is 1. The Morgan fingerprint density at radius 2 is 2.27 bits per heavy atom. The highest BCUT2D eigenvalue weighted by Gasteiger charge is 1.98. The minimum Gasteiger partial charge on any atom is -0.325 e. The van der Waals surface area contributed by atoms with E-state index in [-0.39, 0.29) is 12.4 Å². The Morgan fingerprint density at radius 1 is 1.64 bits per heavy atom. The van der Waals surface area contributed by atoms with Crippen molar-refractivity contribution in [3.63, 3.8) is 0 Å². The summed E-state index contributed by atoms with van der Waals surface area (Å²) in [6.07, 6.45) is 1.67. The molecule has 2 nitrogen and oxygen atoms in total. The van der Waals surface area contributed by atoms with Crippen LogP contribution in [0.15, 0.2) is 16.7 Å². The molecule has 1 rings (SSSR count). The lowest BCUT2D eigenvalue weighted by Crippen LogP contribution is -1.99. The molecule has 0 fully saturated rings. The van der Waals surface area contributed by atoms with Crippen LogP contribution in [0.25, 0.3) is 0 Å². The average Bonchev–Trinajstić information content (AvgIpc) is 1.88. The van der Waals surface area contributed by atoms with Gasteiger partial charge in [0.15, 0.2) is 0 Å². The van der Waals surface area contributed by atoms with E-state index >= 15 is 0 Å². The summed E-state index contributed by atoms with van der Waals surface area (Å²) < 4.78 is 0.870. The van der Waals surface area contributed by atoms with Gasteiger partial charge in [0.05, 0.1) is 10.7 Å². The van der Waals surface area contributed by atoms with Crippen molar-refractivity contribution in [2.45, 2.75) is 6.54 Å². The summed E-state index contributed by atoms with van der Waals surface area (Å²) in [5, 5.41) is 0.608. The lowest BCUT2D eigenvalue weighted by Gasteiger charge is -1.98. The molecule has 0 aromatic carbocycles. The molecule has 0 unspecified atom stereocenters. The Labute approximate surface area is 84.7 Å². The first kappa shape index (κ1) is 11.2. The van der Waals surface area contributed by atoms with Gasteiger partial charge in [-0.2, -0.15) is 0 Å². The van der Waals surface area contributed by atoms with Gasteiger partial charge in [0.2, 0.25) is 0 Å². The fraction of sp³-hybridized carbons (Fsp3) is 0.167. The van der Waals surface area contributed by atoms with Crippen LogP contribution in [0.1, 0.15) is 5.69 Å². The van der Waals surface area contributed by atoms with Crippen LogP contribution in [-0.2, 0) is 6.54 Å². The Morgan fingerprint density at radius 3 is 2.73 bits per heavy atom. The number of halogens is 3. The molecule has 5 heteroatoms. The van der Waals surface area contributed by atoms with Crippen molar-refractivity contribution >= 4 is 39.9 Å². The smallest absolute Gasteiger partial charge is 0.0726 e. The third kappa shape index (κ3) is 2.95. The minimum atomic E-state index is 0. The molecule has 0 saturated heterocycles. The maximum atomic E-state index is 5.76. The van der Waals surface area contributed by atoms with Gasteiger partial charge >= 0.3 is 0 Å². The highest BCUT2D eigenvalue weighted by molar-refractivity contribution is 9.10. The first-order chi connectivity index (χ1) is 4.74. The topological polar surface area (TPSA) is 38.9 Å². The summed E-state index contributed by atoms with van der Waals surface area (Å²) in [5.74, 6) is 0. The van der Waals surface area contributed by atoms with E-state index < -0.39 is 0 Å². The van der Waals surface area contributed by atoms with Gasteiger partial charge in [-0.25, -0.2) is 0 Å². The van der Waals surface area contributed by atoms with E-state index in [1.54, 1.807) is 12.3 Å². The Hall–Kier alpha value is 0.170. The summed E-state index contributed by atoms with van der Waals surface area (Å²) in [5.41, 5.74) is 6.07. The number of hydrogen-bond acceptors (Lipinski definition) is 2. The zero-order valence-electron chi connectivity index (χ0n) is 5.55. The van der Waals surface area contributed by atoms with Crippen molar-refractivity contribution in [2.24, 2.45) is 5.73 Å². The zero-order chi connectivity index (χ0) is 7.56. The van der Waals surface area contributed by atoms with E-state index in [1.165, 1.54) is 0 Å². The zero-order valence-corrected chi connectivity index (χ0v) is 8.71. The molecule has 11 heavy (non-hydrogen) atoms. The maximum absolute atomic E-state index is 5.76. The quantitative estimate of drug-likeness (QED) is 0.839. The fourth-order valence-electron chi connectivity index (χ4n) is 0.593. The molecule has 0 spiro atoms. The molecular weight excluding hydrogens is 251 g/mol. The molecule has 0 bridgehead atoms. The number of nitrogens with zero attached hydrogens (tertiary/aromatic N) is 1. The standard InChI is InChI=1S/C6H6BrClN2.ClH/c7-4-1-5(8)6(2-9)10-3-4;/h1,3H,2,9H2;1H. The van der Waals surface area contributed by atoms with Gasteiger partial charge in [-0.3, -0.25) is 4.98 Å². The molecule has 0 saturated carbocycles. The maximum Gasteiger partial charge on any atom is 0.0726 e. The van der Waals surface area contributed by atoms with Crippen LogP contribution in [0.5, 0.6) is 0 Å². The van der Waals surface area contributed by atoms with Crippen LogP contribution in [0.3, 0.4) is 0 Å². The van der Waals surface area contributed by atoms with Crippen LogP contribution in [0, 0.1) is 0 Å². The molecule has 1 aromatic heterocycles. The molecular formula is C6H7BrCl2N2. The normalized spacial score (nSPS) is 9.00. The van der Waals surface area contributed by atoms with Crippen molar-refractivity contribution in [1.29, 1.82) is 0 Å². The van der Waals surface area contributed by atoms with E-state index in [0.29, 0.717) is 11.6 Å². The molecule has 62 valence electrons. The van der Waals surface area contributed by atoms with Crippen molar-refractivity contribution in [3.8, 4) is 0 Å². The fourth-order valence-corrected chi connectivity index (χ4v) is 1.30. The van der Waals surface area contributed by atoms with Gasteiger partial charge in [0, 0.05) is 17.2 Å². The van der Waals surface area contributed by atoms with Crippen LogP contribution >= 0.6 is 39.9 Å². The van der Waals surface area contributed by atoms with E-state index in [4.69, 9.17) is 17.3 Å². The van der Waals surface area contributed by atoms with E-state index in [0.717, 1.165) is 10.2 Å². The second-order valence-electron chi connectivity index (χ2n) is 1.79. The van der Waals surface area contributed by atoms with E-state index in [9.17, 15) is 0 Å². The van der Waals surface area contributed by atoms with Crippen LogP contribution in [0.2, 0.25) is 5.02 Å². The summed E-state index contributed by atoms with van der Waals surface area (Å²) >= 11 is 8.99. The van der Waals surface area contributed by atoms with Gasteiger partial charge in [-0.05, 0) is 22.0 Å². The predicted octanol–water partition coefficient (Wildman–Crippen LogP) is 2.38. The SMILES string of the molecule is Cl.NCc1ncc(Br)cc1Cl. The summed E-state index contributed by atoms with van der Waals surface area (Å²) in [7, 11) is 0. The molecule has 0 atom stereocenters. The van der Waals surface area contributed by atoms with Crippen LogP contribution in [0.4, 0.5) is 0 Å². The van der Waals surface area contributed by atoms with E-state index in [2.05, 4.69) is 20.9 Å². The number of hydrogen-bond donors (Lipinski definition) is 1. The summed E-state index contributed by atoms with van der Waals surface area (Å²) in [6, 6.07) is 1.77. The second kappa shape index (κ2) is 4.93. The van der Waals surface area contributed by atoms with Crippen LogP contribution in [-0.4, -0.2) is 4.98 Å². The number of aromatic nitrogens is 1. The minimum absolute atomic E-state index is 0. The predicted molar refractivity (Wildman–Crippen MR) is 52.1 cm³/mol. The third-order valence-corrected chi connectivity index (χ3v) is 1.84.